The zero-order valence-corrected chi connectivity index (χ0v) is 34.9. The first-order valence-corrected chi connectivity index (χ1v) is 22.8. The Bertz CT molecular complexity index is 3210. The molecule has 2 aliphatic rings. The van der Waals surface area contributed by atoms with Crippen LogP contribution in [0.5, 0.6) is 0 Å². The average Bonchev–Trinajstić information content (AvgIpc) is 3.87. The van der Waals surface area contributed by atoms with Crippen molar-refractivity contribution in [3.8, 4) is 22.3 Å². The Kier molecular flexibility index (Phi) is 8.75. The van der Waals surface area contributed by atoms with Gasteiger partial charge in [0.2, 0.25) is 0 Å². The van der Waals surface area contributed by atoms with Crippen molar-refractivity contribution in [1.29, 1.82) is 0 Å². The normalized spacial score (nSPS) is 14.6. The van der Waals surface area contributed by atoms with Gasteiger partial charge in [-0.3, -0.25) is 0 Å². The van der Waals surface area contributed by atoms with Gasteiger partial charge in [0.25, 0.3) is 0 Å². The molecule has 61 heavy (non-hydrogen) atoms. The maximum Gasteiger partial charge on any atom is 0.0714 e. The summed E-state index contributed by atoms with van der Waals surface area (Å²) in [7, 11) is 0. The molecule has 1 heterocycles. The Morgan fingerprint density at radius 3 is 1.84 bits per heavy atom. The molecule has 9 aromatic carbocycles. The van der Waals surface area contributed by atoms with Crippen molar-refractivity contribution in [2.24, 2.45) is 0 Å². The fourth-order valence-electron chi connectivity index (χ4n) is 11.2. The van der Waals surface area contributed by atoms with Gasteiger partial charge in [-0.05, 0) is 104 Å². The van der Waals surface area contributed by atoms with Gasteiger partial charge < -0.3 is 4.90 Å². The molecule has 0 saturated heterocycles. The number of fused-ring (bicyclic) bond motifs is 7. The molecule has 0 aliphatic heterocycles. The third-order valence-corrected chi connectivity index (χ3v) is 14.9. The molecule has 1 fully saturated rings. The Balaban J connectivity index is 1.15. The number of thiophene rings is 1. The quantitative estimate of drug-likeness (QED) is 0.155. The van der Waals surface area contributed by atoms with Crippen molar-refractivity contribution in [3.05, 3.63) is 234 Å². The minimum absolute atomic E-state index is 0.510. The van der Waals surface area contributed by atoms with Crippen LogP contribution < -0.4 is 4.90 Å². The Hall–Kier alpha value is -6.74. The zero-order valence-electron chi connectivity index (χ0n) is 34.1. The predicted molar refractivity (Wildman–Crippen MR) is 260 cm³/mol. The summed E-state index contributed by atoms with van der Waals surface area (Å²) in [6.07, 6.45) is 6.48. The molecule has 0 spiro atoms. The maximum atomic E-state index is 2.57. The number of anilines is 3. The van der Waals surface area contributed by atoms with Gasteiger partial charge in [-0.25, -0.2) is 0 Å². The minimum Gasteiger partial charge on any atom is -0.308 e. The number of para-hydroxylation sites is 1. The van der Waals surface area contributed by atoms with Crippen LogP contribution in [-0.4, -0.2) is 0 Å². The summed E-state index contributed by atoms with van der Waals surface area (Å²) in [5.74, 6) is 0.581. The molecule has 1 aromatic heterocycles. The van der Waals surface area contributed by atoms with E-state index < -0.39 is 5.41 Å². The minimum atomic E-state index is -0.510. The molecule has 1 nitrogen and oxygen atoms in total. The Morgan fingerprint density at radius 1 is 0.443 bits per heavy atom. The molecule has 10 aromatic rings. The van der Waals surface area contributed by atoms with Gasteiger partial charge in [0.05, 0.1) is 21.5 Å². The maximum absolute atomic E-state index is 2.57. The standard InChI is InChI=1S/C59H45NS/c1-3-19-40(20-4-1)45-31-15-21-41-22-16-32-50(57(41)45)48-29-9-13-36-54(48)60(55-37-18-33-51-49-30-10-14-38-56(49)61-58(51)55)44-26-17-25-43(39-44)59(42-23-5-2-6-24-42)52-34-11-7-27-46(52)47-28-8-12-35-53(47)59/h2,5-18,21-40H,1,3-4,19-20H2. The molecule has 2 aliphatic carbocycles. The molecular formula is C59H45NS. The molecule has 0 N–H and O–H groups in total. The molecule has 0 bridgehead atoms. The van der Waals surface area contributed by atoms with Gasteiger partial charge in [0.1, 0.15) is 0 Å². The third kappa shape index (κ3) is 5.66. The number of benzene rings is 9. The predicted octanol–water partition coefficient (Wildman–Crippen LogP) is 16.8. The van der Waals surface area contributed by atoms with Crippen LogP contribution in [0.25, 0.3) is 53.2 Å². The first-order valence-electron chi connectivity index (χ1n) is 22.0. The molecular weight excluding hydrogens is 755 g/mol. The van der Waals surface area contributed by atoms with Crippen LogP contribution in [0.2, 0.25) is 0 Å². The monoisotopic (exact) mass is 799 g/mol. The first-order chi connectivity index (χ1) is 30.3. The van der Waals surface area contributed by atoms with E-state index in [1.807, 2.05) is 11.3 Å². The molecule has 1 saturated carbocycles. The van der Waals surface area contributed by atoms with Crippen LogP contribution in [0.3, 0.4) is 0 Å². The van der Waals surface area contributed by atoms with Gasteiger partial charge in [-0.15, -0.1) is 11.3 Å². The average molecular weight is 800 g/mol. The molecule has 12 rings (SSSR count). The summed E-state index contributed by atoms with van der Waals surface area (Å²) in [4.78, 5) is 2.57. The zero-order chi connectivity index (χ0) is 40.3. The van der Waals surface area contributed by atoms with Crippen molar-refractivity contribution in [2.75, 3.05) is 4.90 Å². The van der Waals surface area contributed by atoms with E-state index in [1.165, 1.54) is 124 Å². The smallest absolute Gasteiger partial charge is 0.0714 e. The van der Waals surface area contributed by atoms with E-state index in [0.717, 1.165) is 5.69 Å². The summed E-state index contributed by atoms with van der Waals surface area (Å²) in [5, 5.41) is 5.32. The molecule has 292 valence electrons. The lowest BCUT2D eigenvalue weighted by Gasteiger charge is -2.35. The van der Waals surface area contributed by atoms with E-state index in [-0.39, 0.29) is 0 Å². The highest BCUT2D eigenvalue weighted by Gasteiger charge is 2.46. The van der Waals surface area contributed by atoms with Crippen molar-refractivity contribution >= 4 is 59.3 Å². The van der Waals surface area contributed by atoms with Gasteiger partial charge in [0.15, 0.2) is 0 Å². The van der Waals surface area contributed by atoms with Crippen LogP contribution >= 0.6 is 11.3 Å². The largest absolute Gasteiger partial charge is 0.308 e. The third-order valence-electron chi connectivity index (χ3n) is 13.7. The van der Waals surface area contributed by atoms with E-state index >= 15 is 0 Å². The highest BCUT2D eigenvalue weighted by Crippen LogP contribution is 2.57. The van der Waals surface area contributed by atoms with E-state index in [9.17, 15) is 0 Å². The topological polar surface area (TPSA) is 3.24 Å². The molecule has 0 amide bonds. The fourth-order valence-corrected chi connectivity index (χ4v) is 12.4. The lowest BCUT2D eigenvalue weighted by atomic mass is 9.67. The van der Waals surface area contributed by atoms with Crippen molar-refractivity contribution in [2.45, 2.75) is 43.4 Å². The van der Waals surface area contributed by atoms with Crippen LogP contribution in [-0.2, 0) is 5.41 Å². The summed E-state index contributed by atoms with van der Waals surface area (Å²) in [5.41, 5.74) is 14.8. The Labute approximate surface area is 362 Å². The lowest BCUT2D eigenvalue weighted by molar-refractivity contribution is 0.445. The highest BCUT2D eigenvalue weighted by atomic mass is 32.1. The van der Waals surface area contributed by atoms with Crippen LogP contribution in [0, 0.1) is 0 Å². The molecule has 0 radical (unpaired) electrons. The van der Waals surface area contributed by atoms with E-state index in [0.29, 0.717) is 5.92 Å². The van der Waals surface area contributed by atoms with Gasteiger partial charge in [-0.1, -0.05) is 195 Å². The summed E-state index contributed by atoms with van der Waals surface area (Å²) in [6, 6.07) is 77.6. The number of rotatable bonds is 7. The first kappa shape index (κ1) is 36.1. The number of nitrogens with zero attached hydrogens (tertiary/aromatic N) is 1. The van der Waals surface area contributed by atoms with Crippen LogP contribution in [0.15, 0.2) is 206 Å². The molecule has 2 heteroatoms. The van der Waals surface area contributed by atoms with E-state index in [1.54, 1.807) is 0 Å². The number of hydrogen-bond acceptors (Lipinski definition) is 2. The van der Waals surface area contributed by atoms with E-state index in [2.05, 4.69) is 211 Å². The second kappa shape index (κ2) is 14.8. The van der Waals surface area contributed by atoms with Crippen LogP contribution in [0.1, 0.15) is 65.8 Å². The fraction of sp³-hybridized carbons (Fsp3) is 0.119. The van der Waals surface area contributed by atoms with Crippen LogP contribution in [0.4, 0.5) is 17.1 Å². The molecule has 0 unspecified atom stereocenters. The second-order valence-electron chi connectivity index (χ2n) is 16.9. The SMILES string of the molecule is c1ccc(C2(c3cccc(N(c4ccccc4-c4cccc5cccc(C6CCCCC6)c45)c4cccc5c4sc4ccccc45)c3)c3ccccc3-c3ccccc32)cc1. The van der Waals surface area contributed by atoms with Crippen molar-refractivity contribution in [3.63, 3.8) is 0 Å². The van der Waals surface area contributed by atoms with Gasteiger partial charge in [0, 0.05) is 26.7 Å². The van der Waals surface area contributed by atoms with E-state index in [4.69, 9.17) is 0 Å². The van der Waals surface area contributed by atoms with Gasteiger partial charge in [-0.2, -0.15) is 0 Å². The number of hydrogen-bond donors (Lipinski definition) is 0. The summed E-state index contributed by atoms with van der Waals surface area (Å²) >= 11 is 1.90. The summed E-state index contributed by atoms with van der Waals surface area (Å²) in [6.45, 7) is 0. The second-order valence-corrected chi connectivity index (χ2v) is 18.0. The summed E-state index contributed by atoms with van der Waals surface area (Å²) < 4.78 is 2.60. The van der Waals surface area contributed by atoms with Crippen molar-refractivity contribution in [1.82, 2.24) is 0 Å². The highest BCUT2D eigenvalue weighted by molar-refractivity contribution is 7.26. The Morgan fingerprint density at radius 2 is 1.03 bits per heavy atom. The van der Waals surface area contributed by atoms with Gasteiger partial charge >= 0.3 is 0 Å². The molecule has 0 atom stereocenters. The lowest BCUT2D eigenvalue weighted by Crippen LogP contribution is -2.28. The van der Waals surface area contributed by atoms with Crippen molar-refractivity contribution < 1.29 is 0 Å².